The Morgan fingerprint density at radius 2 is 1.74 bits per heavy atom. The topological polar surface area (TPSA) is 73.6 Å². The molecule has 1 N–H and O–H groups in total. The number of carboxylic acid groups (broad SMARTS) is 1. The molecule has 34 heavy (non-hydrogen) atoms. The van der Waals surface area contributed by atoms with Gasteiger partial charge in [-0.25, -0.2) is 9.78 Å². The van der Waals surface area contributed by atoms with Crippen molar-refractivity contribution in [2.75, 3.05) is 0 Å². The number of benzene rings is 2. The van der Waals surface area contributed by atoms with E-state index in [4.69, 9.17) is 21.1 Å². The summed E-state index contributed by atoms with van der Waals surface area (Å²) < 4.78 is 50.9. The maximum Gasteiger partial charge on any atom is 0.417 e. The Hall–Kier alpha value is -3.72. The van der Waals surface area contributed by atoms with Crippen molar-refractivity contribution < 1.29 is 32.5 Å². The Morgan fingerprint density at radius 3 is 2.29 bits per heavy atom. The first kappa shape index (κ1) is 23.4. The number of hydrogen-bond donors (Lipinski definition) is 1. The molecule has 0 amide bonds. The first-order valence-corrected chi connectivity index (χ1v) is 10.5. The molecular formula is C24H18ClF3N2O4. The van der Waals surface area contributed by atoms with E-state index in [1.807, 2.05) is 13.8 Å². The molecule has 4 aromatic rings. The van der Waals surface area contributed by atoms with Gasteiger partial charge in [0.2, 0.25) is 5.88 Å². The fourth-order valence-corrected chi connectivity index (χ4v) is 3.75. The quantitative estimate of drug-likeness (QED) is 0.316. The van der Waals surface area contributed by atoms with Crippen LogP contribution in [-0.4, -0.2) is 26.7 Å². The second-order valence-electron chi connectivity index (χ2n) is 7.63. The number of aromatic carboxylic acids is 1. The van der Waals surface area contributed by atoms with Gasteiger partial charge in [-0.2, -0.15) is 13.2 Å². The van der Waals surface area contributed by atoms with Crippen LogP contribution in [0.15, 0.2) is 60.8 Å². The fourth-order valence-electron chi connectivity index (χ4n) is 3.43. The minimum Gasteiger partial charge on any atom is -0.491 e. The smallest absolute Gasteiger partial charge is 0.417 e. The third-order valence-electron chi connectivity index (χ3n) is 4.83. The zero-order valence-corrected chi connectivity index (χ0v) is 18.7. The van der Waals surface area contributed by atoms with Crippen molar-refractivity contribution in [3.8, 4) is 23.1 Å². The second kappa shape index (κ2) is 8.90. The van der Waals surface area contributed by atoms with Crippen molar-refractivity contribution >= 4 is 28.5 Å². The lowest BCUT2D eigenvalue weighted by atomic mass is 10.2. The number of aromatic nitrogens is 2. The van der Waals surface area contributed by atoms with Gasteiger partial charge in [0, 0.05) is 23.3 Å². The van der Waals surface area contributed by atoms with E-state index < -0.39 is 17.7 Å². The van der Waals surface area contributed by atoms with E-state index in [0.29, 0.717) is 28.5 Å². The van der Waals surface area contributed by atoms with Crippen LogP contribution in [0.25, 0.3) is 16.6 Å². The van der Waals surface area contributed by atoms with E-state index >= 15 is 0 Å². The number of alkyl halides is 3. The fraction of sp³-hybridized carbons (Fsp3) is 0.167. The number of pyridine rings is 1. The molecule has 10 heteroatoms. The number of fused-ring (bicyclic) bond motifs is 1. The van der Waals surface area contributed by atoms with E-state index in [9.17, 15) is 23.1 Å². The third kappa shape index (κ3) is 4.65. The summed E-state index contributed by atoms with van der Waals surface area (Å²) in [5, 5.41) is 10.2. The molecule has 2 aromatic carbocycles. The van der Waals surface area contributed by atoms with Crippen molar-refractivity contribution in [3.63, 3.8) is 0 Å². The van der Waals surface area contributed by atoms with E-state index in [0.717, 1.165) is 12.1 Å². The van der Waals surface area contributed by atoms with Gasteiger partial charge >= 0.3 is 12.1 Å². The highest BCUT2D eigenvalue weighted by atomic mass is 35.5. The first-order valence-electron chi connectivity index (χ1n) is 10.1. The summed E-state index contributed by atoms with van der Waals surface area (Å²) >= 11 is 6.43. The van der Waals surface area contributed by atoms with Gasteiger partial charge in [-0.1, -0.05) is 11.6 Å². The van der Waals surface area contributed by atoms with Crippen LogP contribution in [0.2, 0.25) is 5.02 Å². The number of halogens is 4. The second-order valence-corrected chi connectivity index (χ2v) is 8.01. The van der Waals surface area contributed by atoms with Crippen LogP contribution < -0.4 is 9.47 Å². The molecule has 0 unspecified atom stereocenters. The Kier molecular flexibility index (Phi) is 6.14. The zero-order chi connectivity index (χ0) is 24.6. The number of rotatable bonds is 6. The molecule has 0 saturated heterocycles. The van der Waals surface area contributed by atoms with Crippen LogP contribution in [-0.2, 0) is 6.18 Å². The Bertz CT molecular complexity index is 1350. The van der Waals surface area contributed by atoms with Crippen molar-refractivity contribution in [2.45, 2.75) is 26.1 Å². The van der Waals surface area contributed by atoms with Gasteiger partial charge in [0.15, 0.2) is 5.69 Å². The predicted octanol–water partition coefficient (Wildman–Crippen LogP) is 6.98. The van der Waals surface area contributed by atoms with Gasteiger partial charge in [-0.05, 0) is 62.4 Å². The predicted molar refractivity (Wildman–Crippen MR) is 120 cm³/mol. The van der Waals surface area contributed by atoms with Gasteiger partial charge in [0.1, 0.15) is 11.5 Å². The van der Waals surface area contributed by atoms with Crippen LogP contribution in [0.4, 0.5) is 13.2 Å². The van der Waals surface area contributed by atoms with E-state index in [1.54, 1.807) is 36.4 Å². The van der Waals surface area contributed by atoms with E-state index in [2.05, 4.69) is 4.98 Å². The molecule has 0 aliphatic carbocycles. The van der Waals surface area contributed by atoms with Crippen LogP contribution in [0.3, 0.4) is 0 Å². The van der Waals surface area contributed by atoms with Gasteiger partial charge < -0.3 is 19.1 Å². The molecule has 176 valence electrons. The van der Waals surface area contributed by atoms with Crippen molar-refractivity contribution in [1.82, 2.24) is 9.55 Å². The Labute approximate surface area is 197 Å². The molecule has 0 bridgehead atoms. The molecule has 2 heterocycles. The molecule has 0 spiro atoms. The average Bonchev–Trinajstić information content (AvgIpc) is 3.06. The van der Waals surface area contributed by atoms with Crippen molar-refractivity contribution in [2.24, 2.45) is 0 Å². The zero-order valence-electron chi connectivity index (χ0n) is 17.9. The largest absolute Gasteiger partial charge is 0.491 e. The summed E-state index contributed by atoms with van der Waals surface area (Å²) in [5.41, 5.74) is 0.0291. The lowest BCUT2D eigenvalue weighted by Crippen LogP contribution is -2.08. The highest BCUT2D eigenvalue weighted by molar-refractivity contribution is 6.38. The molecule has 0 fully saturated rings. The van der Waals surface area contributed by atoms with Crippen molar-refractivity contribution in [3.05, 3.63) is 77.1 Å². The maximum atomic E-state index is 12.7. The van der Waals surface area contributed by atoms with Crippen LogP contribution in [0, 0.1) is 0 Å². The monoisotopic (exact) mass is 490 g/mol. The van der Waals surface area contributed by atoms with Gasteiger partial charge in [-0.15, -0.1) is 0 Å². The molecule has 4 rings (SSSR count). The molecule has 2 aromatic heterocycles. The molecule has 0 aliphatic heterocycles. The number of ether oxygens (including phenoxy) is 2. The first-order chi connectivity index (χ1) is 16.0. The number of hydrogen-bond acceptors (Lipinski definition) is 4. The van der Waals surface area contributed by atoms with Crippen LogP contribution in [0.1, 0.15) is 29.9 Å². The summed E-state index contributed by atoms with van der Waals surface area (Å²) in [5.74, 6) is -0.410. The van der Waals surface area contributed by atoms with E-state index in [1.165, 1.54) is 10.6 Å². The minimum atomic E-state index is -4.51. The van der Waals surface area contributed by atoms with Gasteiger partial charge in [-0.3, -0.25) is 0 Å². The highest BCUT2D eigenvalue weighted by Crippen LogP contribution is 2.37. The lowest BCUT2D eigenvalue weighted by Gasteiger charge is -2.12. The number of nitrogens with zero attached hydrogens (tertiary/aromatic N) is 2. The molecule has 6 nitrogen and oxygen atoms in total. The average molecular weight is 491 g/mol. The summed E-state index contributed by atoms with van der Waals surface area (Å²) in [7, 11) is 0. The Balaban J connectivity index is 1.73. The van der Waals surface area contributed by atoms with E-state index in [-0.39, 0.29) is 28.5 Å². The SMILES string of the molecule is CC(C)Oc1ccc(-n2c(C(=O)O)c(Cl)c3cc(Oc4ccc(C(F)(F)F)cn4)ccc32)cc1. The van der Waals surface area contributed by atoms with Gasteiger partial charge in [0.25, 0.3) is 0 Å². The normalized spacial score (nSPS) is 11.7. The standard InChI is InChI=1S/C24H18ClF3N2O4/c1-13(2)33-16-6-4-15(5-7-16)30-19-9-8-17(11-18(19)21(25)22(30)23(31)32)34-20-10-3-14(12-29-20)24(26,27)28/h3-13H,1-2H3,(H,31,32). The number of carbonyl (C=O) groups is 1. The molecule has 0 atom stereocenters. The molecular weight excluding hydrogens is 473 g/mol. The van der Waals surface area contributed by atoms with Crippen LogP contribution in [0.5, 0.6) is 17.4 Å². The Morgan fingerprint density at radius 1 is 1.06 bits per heavy atom. The summed E-state index contributed by atoms with van der Waals surface area (Å²) in [6, 6.07) is 13.5. The number of carboxylic acids is 1. The molecule has 0 aliphatic rings. The summed E-state index contributed by atoms with van der Waals surface area (Å²) in [6.45, 7) is 3.80. The summed E-state index contributed by atoms with van der Waals surface area (Å²) in [4.78, 5) is 15.7. The van der Waals surface area contributed by atoms with Gasteiger partial charge in [0.05, 0.1) is 22.2 Å². The molecule has 0 radical (unpaired) electrons. The minimum absolute atomic E-state index is 0.00386. The lowest BCUT2D eigenvalue weighted by molar-refractivity contribution is -0.137. The molecule has 0 saturated carbocycles. The third-order valence-corrected chi connectivity index (χ3v) is 5.21. The van der Waals surface area contributed by atoms with Crippen molar-refractivity contribution in [1.29, 1.82) is 0 Å². The maximum absolute atomic E-state index is 12.7. The van der Waals surface area contributed by atoms with Crippen LogP contribution >= 0.6 is 11.6 Å². The highest BCUT2D eigenvalue weighted by Gasteiger charge is 2.30. The summed E-state index contributed by atoms with van der Waals surface area (Å²) in [6.07, 6.45) is -3.85.